The maximum atomic E-state index is 12.6. The fourth-order valence-electron chi connectivity index (χ4n) is 2.46. The quantitative estimate of drug-likeness (QED) is 0.622. The Bertz CT molecular complexity index is 1090. The van der Waals surface area contributed by atoms with E-state index >= 15 is 0 Å². The average molecular weight is 428 g/mol. The molecule has 1 amide bonds. The molecule has 2 N–H and O–H groups in total. The van der Waals surface area contributed by atoms with Gasteiger partial charge in [0.15, 0.2) is 17.2 Å². The van der Waals surface area contributed by atoms with Gasteiger partial charge in [-0.3, -0.25) is 14.4 Å². The minimum Gasteiger partial charge on any atom is -0.505 e. The van der Waals surface area contributed by atoms with E-state index in [4.69, 9.17) is 0 Å². The number of para-hydroxylation sites is 1. The summed E-state index contributed by atoms with van der Waals surface area (Å²) in [5.74, 6) is -1.51. The van der Waals surface area contributed by atoms with Crippen LogP contribution in [0.25, 0.3) is 5.69 Å². The number of benzene rings is 2. The van der Waals surface area contributed by atoms with Crippen LogP contribution >= 0.6 is 15.9 Å². The van der Waals surface area contributed by atoms with Crippen LogP contribution in [0.2, 0.25) is 0 Å². The van der Waals surface area contributed by atoms with Gasteiger partial charge < -0.3 is 10.4 Å². The summed E-state index contributed by atoms with van der Waals surface area (Å²) >= 11 is 3.30. The van der Waals surface area contributed by atoms with Crippen molar-refractivity contribution in [3.63, 3.8) is 0 Å². The zero-order valence-corrected chi connectivity index (χ0v) is 15.7. The largest absolute Gasteiger partial charge is 0.505 e. The molecule has 0 radical (unpaired) electrons. The van der Waals surface area contributed by atoms with Gasteiger partial charge in [-0.2, -0.15) is 9.78 Å². The third-order valence-electron chi connectivity index (χ3n) is 3.75. The minimum atomic E-state index is -0.743. The molecular formula is C19H14BrN3O4. The first kappa shape index (κ1) is 18.5. The van der Waals surface area contributed by atoms with Gasteiger partial charge in [0, 0.05) is 16.1 Å². The van der Waals surface area contributed by atoms with Crippen LogP contribution in [0.1, 0.15) is 27.8 Å². The monoisotopic (exact) mass is 427 g/mol. The Morgan fingerprint density at radius 3 is 2.44 bits per heavy atom. The van der Waals surface area contributed by atoms with Gasteiger partial charge in [0.25, 0.3) is 11.5 Å². The van der Waals surface area contributed by atoms with Crippen molar-refractivity contribution >= 4 is 33.3 Å². The highest BCUT2D eigenvalue weighted by molar-refractivity contribution is 9.10. The van der Waals surface area contributed by atoms with Crippen molar-refractivity contribution in [1.82, 2.24) is 9.78 Å². The molecule has 8 heteroatoms. The van der Waals surface area contributed by atoms with E-state index in [9.17, 15) is 19.5 Å². The number of aromatic nitrogens is 2. The lowest BCUT2D eigenvalue weighted by molar-refractivity contribution is 0.101. The van der Waals surface area contributed by atoms with Crippen LogP contribution in [0.4, 0.5) is 5.69 Å². The summed E-state index contributed by atoms with van der Waals surface area (Å²) in [6.45, 7) is 1.38. The molecule has 0 saturated heterocycles. The molecular weight excluding hydrogens is 414 g/mol. The highest BCUT2D eigenvalue weighted by atomic mass is 79.9. The van der Waals surface area contributed by atoms with Crippen molar-refractivity contribution in [2.75, 3.05) is 5.32 Å². The molecule has 0 unspecified atom stereocenters. The van der Waals surface area contributed by atoms with Gasteiger partial charge in [0.05, 0.1) is 11.4 Å². The van der Waals surface area contributed by atoms with Gasteiger partial charge in [-0.1, -0.05) is 28.1 Å². The Kier molecular flexibility index (Phi) is 5.18. The Morgan fingerprint density at radius 2 is 1.78 bits per heavy atom. The Balaban J connectivity index is 2.01. The second-order valence-electron chi connectivity index (χ2n) is 5.66. The van der Waals surface area contributed by atoms with Crippen LogP contribution in [-0.4, -0.2) is 26.6 Å². The number of hydrogen-bond acceptors (Lipinski definition) is 5. The molecule has 3 aromatic rings. The zero-order chi connectivity index (χ0) is 19.6. The molecule has 2 aromatic carbocycles. The predicted molar refractivity (Wildman–Crippen MR) is 104 cm³/mol. The smallest absolute Gasteiger partial charge is 0.280 e. The number of ketones is 1. The molecule has 0 bridgehead atoms. The maximum Gasteiger partial charge on any atom is 0.280 e. The Morgan fingerprint density at radius 1 is 1.11 bits per heavy atom. The summed E-state index contributed by atoms with van der Waals surface area (Å²) in [5.41, 5.74) is 0.122. The van der Waals surface area contributed by atoms with Crippen LogP contribution in [0.15, 0.2) is 63.9 Å². The number of Topliss-reactive ketones (excluding diaryl/α,β-unsaturated/α-hetero) is 1. The summed E-state index contributed by atoms with van der Waals surface area (Å²) in [6.07, 6.45) is 0. The van der Waals surface area contributed by atoms with Gasteiger partial charge in [0.1, 0.15) is 0 Å². The van der Waals surface area contributed by atoms with Gasteiger partial charge in [-0.05, 0) is 43.3 Å². The van der Waals surface area contributed by atoms with E-state index in [1.54, 1.807) is 48.5 Å². The van der Waals surface area contributed by atoms with E-state index < -0.39 is 17.2 Å². The first-order valence-electron chi connectivity index (χ1n) is 7.87. The number of nitrogens with one attached hydrogen (secondary N) is 1. The van der Waals surface area contributed by atoms with Crippen molar-refractivity contribution in [2.24, 2.45) is 0 Å². The molecule has 0 atom stereocenters. The molecule has 0 spiro atoms. The van der Waals surface area contributed by atoms with Crippen molar-refractivity contribution in [3.05, 3.63) is 80.7 Å². The first-order chi connectivity index (χ1) is 12.9. The zero-order valence-electron chi connectivity index (χ0n) is 14.1. The SMILES string of the molecule is CC(=O)c1ccccc1NC(=O)c1nn(-c2ccc(Br)cc2)c(=O)cc1O. The molecule has 0 aliphatic rings. The molecule has 1 aromatic heterocycles. The van der Waals surface area contributed by atoms with Crippen LogP contribution in [-0.2, 0) is 0 Å². The average Bonchev–Trinajstić information content (AvgIpc) is 2.63. The number of aromatic hydroxyl groups is 1. The van der Waals surface area contributed by atoms with E-state index in [1.807, 2.05) is 0 Å². The second kappa shape index (κ2) is 7.55. The number of anilines is 1. The molecule has 27 heavy (non-hydrogen) atoms. The summed E-state index contributed by atoms with van der Waals surface area (Å²) in [7, 11) is 0. The van der Waals surface area contributed by atoms with Gasteiger partial charge in [0.2, 0.25) is 0 Å². The highest BCUT2D eigenvalue weighted by Gasteiger charge is 2.18. The summed E-state index contributed by atoms with van der Waals surface area (Å²) in [5, 5.41) is 16.6. The molecule has 0 aliphatic carbocycles. The van der Waals surface area contributed by atoms with Gasteiger partial charge in [-0.15, -0.1) is 0 Å². The third kappa shape index (κ3) is 3.95. The van der Waals surface area contributed by atoms with Gasteiger partial charge >= 0.3 is 0 Å². The van der Waals surface area contributed by atoms with Crippen molar-refractivity contribution in [3.8, 4) is 11.4 Å². The lowest BCUT2D eigenvalue weighted by Crippen LogP contribution is -2.25. The van der Waals surface area contributed by atoms with Gasteiger partial charge in [-0.25, -0.2) is 0 Å². The van der Waals surface area contributed by atoms with Crippen molar-refractivity contribution in [1.29, 1.82) is 0 Å². The van der Waals surface area contributed by atoms with E-state index in [0.29, 0.717) is 11.3 Å². The van der Waals surface area contributed by atoms with Crippen LogP contribution in [0.5, 0.6) is 5.75 Å². The van der Waals surface area contributed by atoms with E-state index in [0.717, 1.165) is 15.2 Å². The lowest BCUT2D eigenvalue weighted by Gasteiger charge is -2.11. The normalized spacial score (nSPS) is 10.4. The van der Waals surface area contributed by atoms with Crippen LogP contribution < -0.4 is 10.9 Å². The third-order valence-corrected chi connectivity index (χ3v) is 4.28. The van der Waals surface area contributed by atoms with Crippen molar-refractivity contribution < 1.29 is 14.7 Å². The fraction of sp³-hybridized carbons (Fsp3) is 0.0526. The van der Waals surface area contributed by atoms with E-state index in [2.05, 4.69) is 26.3 Å². The fourth-order valence-corrected chi connectivity index (χ4v) is 2.72. The number of halogens is 1. The predicted octanol–water partition coefficient (Wildman–Crippen LogP) is 3.16. The molecule has 0 aliphatic heterocycles. The maximum absolute atomic E-state index is 12.6. The summed E-state index contributed by atoms with van der Waals surface area (Å²) < 4.78 is 1.83. The van der Waals surface area contributed by atoms with Crippen LogP contribution in [0, 0.1) is 0 Å². The number of amides is 1. The molecule has 7 nitrogen and oxygen atoms in total. The molecule has 0 saturated carbocycles. The summed E-state index contributed by atoms with van der Waals surface area (Å²) in [6, 6.07) is 14.1. The summed E-state index contributed by atoms with van der Waals surface area (Å²) in [4.78, 5) is 36.4. The molecule has 1 heterocycles. The minimum absolute atomic E-state index is 0.220. The lowest BCUT2D eigenvalue weighted by atomic mass is 10.1. The first-order valence-corrected chi connectivity index (χ1v) is 8.66. The topological polar surface area (TPSA) is 101 Å². The Labute approximate surface area is 162 Å². The number of carbonyl (C=O) groups is 2. The second-order valence-corrected chi connectivity index (χ2v) is 6.58. The van der Waals surface area contributed by atoms with Crippen LogP contribution in [0.3, 0.4) is 0 Å². The van der Waals surface area contributed by atoms with Crippen molar-refractivity contribution in [2.45, 2.75) is 6.92 Å². The van der Waals surface area contributed by atoms with E-state index in [1.165, 1.54) is 6.92 Å². The highest BCUT2D eigenvalue weighted by Crippen LogP contribution is 2.19. The molecule has 0 fully saturated rings. The number of nitrogens with zero attached hydrogens (tertiary/aromatic N) is 2. The number of rotatable bonds is 4. The standard InChI is InChI=1S/C19H14BrN3O4/c1-11(24)14-4-2-3-5-15(14)21-19(27)18-16(25)10-17(26)23(22-18)13-8-6-12(20)7-9-13/h2-10,25H,1H3,(H,21,27). The molecule has 3 rings (SSSR count). The number of carbonyl (C=O) groups excluding carboxylic acids is 2. The number of hydrogen-bond donors (Lipinski definition) is 2. The molecule has 136 valence electrons. The van der Waals surface area contributed by atoms with E-state index in [-0.39, 0.29) is 17.2 Å². The Hall–Kier alpha value is -3.26.